The van der Waals surface area contributed by atoms with Gasteiger partial charge < -0.3 is 20.7 Å². The van der Waals surface area contributed by atoms with Crippen molar-refractivity contribution in [1.82, 2.24) is 15.3 Å². The Balaban J connectivity index is 1.95. The topological polar surface area (TPSA) is 126 Å². The molecule has 3 rings (SSSR count). The minimum Gasteiger partial charge on any atom is -0.495 e. The van der Waals surface area contributed by atoms with Crippen LogP contribution in [-0.4, -0.2) is 51.3 Å². The molecular formula is C24H26F4N6O4S. The van der Waals surface area contributed by atoms with E-state index in [4.69, 9.17) is 4.74 Å². The van der Waals surface area contributed by atoms with E-state index in [1.165, 1.54) is 38.4 Å². The summed E-state index contributed by atoms with van der Waals surface area (Å²) in [6.45, 7) is 1.86. The van der Waals surface area contributed by atoms with Crippen molar-refractivity contribution >= 4 is 39.1 Å². The Hall–Kier alpha value is -4.14. The number of hydrogen-bond acceptors (Lipinski definition) is 8. The van der Waals surface area contributed by atoms with Crippen LogP contribution in [0.2, 0.25) is 0 Å². The summed E-state index contributed by atoms with van der Waals surface area (Å²) in [6, 6.07) is 7.72. The van der Waals surface area contributed by atoms with Crippen LogP contribution in [0.1, 0.15) is 28.4 Å². The summed E-state index contributed by atoms with van der Waals surface area (Å²) in [6.07, 6.45) is -3.32. The molecule has 3 N–H and O–H groups in total. The smallest absolute Gasteiger partial charge is 0.421 e. The van der Waals surface area contributed by atoms with E-state index in [0.29, 0.717) is 18.3 Å². The molecule has 3 aromatic rings. The summed E-state index contributed by atoms with van der Waals surface area (Å²) in [5, 5.41) is 7.98. The van der Waals surface area contributed by atoms with Crippen LogP contribution < -0.4 is 25.0 Å². The van der Waals surface area contributed by atoms with Gasteiger partial charge in [0.1, 0.15) is 22.9 Å². The highest BCUT2D eigenvalue weighted by Gasteiger charge is 2.35. The highest BCUT2D eigenvalue weighted by Crippen LogP contribution is 2.35. The molecule has 0 spiro atoms. The number of nitrogens with zero attached hydrogens (tertiary/aromatic N) is 3. The van der Waals surface area contributed by atoms with E-state index in [-0.39, 0.29) is 41.1 Å². The first kappa shape index (κ1) is 29.4. The Morgan fingerprint density at radius 2 is 1.87 bits per heavy atom. The molecule has 1 heterocycles. The van der Waals surface area contributed by atoms with E-state index in [2.05, 4.69) is 25.9 Å². The lowest BCUT2D eigenvalue weighted by atomic mass is 10.1. The van der Waals surface area contributed by atoms with Gasteiger partial charge in [-0.25, -0.2) is 17.8 Å². The number of sulfonamides is 1. The van der Waals surface area contributed by atoms with Gasteiger partial charge in [0, 0.05) is 31.9 Å². The van der Waals surface area contributed by atoms with Crippen molar-refractivity contribution in [3.63, 3.8) is 0 Å². The molecule has 1 aromatic heterocycles. The Labute approximate surface area is 222 Å². The van der Waals surface area contributed by atoms with Gasteiger partial charge in [0.05, 0.1) is 24.7 Å². The van der Waals surface area contributed by atoms with Crippen LogP contribution in [-0.2, 0) is 22.7 Å². The lowest BCUT2D eigenvalue weighted by molar-refractivity contribution is -0.137. The van der Waals surface area contributed by atoms with Gasteiger partial charge in [-0.05, 0) is 42.8 Å². The monoisotopic (exact) mass is 570 g/mol. The number of aromatic nitrogens is 2. The zero-order chi connectivity index (χ0) is 29.0. The minimum absolute atomic E-state index is 0.0529. The zero-order valence-corrected chi connectivity index (χ0v) is 22.2. The Kier molecular flexibility index (Phi) is 8.84. The second kappa shape index (κ2) is 11.7. The Morgan fingerprint density at radius 1 is 1.15 bits per heavy atom. The third kappa shape index (κ3) is 7.25. The highest BCUT2D eigenvalue weighted by atomic mass is 32.2. The molecule has 0 atom stereocenters. The molecule has 39 heavy (non-hydrogen) atoms. The van der Waals surface area contributed by atoms with Gasteiger partial charge >= 0.3 is 6.18 Å². The molecule has 1 amide bonds. The normalized spacial score (nSPS) is 11.6. The minimum atomic E-state index is -4.82. The second-order valence-electron chi connectivity index (χ2n) is 8.21. The SMILES string of the molecule is CCNC(=O)c1ccc(Nc2ncc(C(F)(F)F)c(NCc3ccc(F)cc3N(C)S(C)(=O)=O)n2)c(OC)c1. The molecule has 0 saturated carbocycles. The number of benzene rings is 2. The molecular weight excluding hydrogens is 544 g/mol. The number of carbonyl (C=O) groups excluding carboxylic acids is 1. The van der Waals surface area contributed by atoms with Crippen LogP contribution in [0.4, 0.5) is 40.7 Å². The fraction of sp³-hybridized carbons (Fsp3) is 0.292. The summed E-state index contributed by atoms with van der Waals surface area (Å²) in [7, 11) is -1.23. The van der Waals surface area contributed by atoms with E-state index >= 15 is 0 Å². The average Bonchev–Trinajstić information content (AvgIpc) is 2.86. The van der Waals surface area contributed by atoms with Crippen LogP contribution in [0.3, 0.4) is 0 Å². The molecule has 0 unspecified atom stereocenters. The van der Waals surface area contributed by atoms with Gasteiger partial charge in [0.25, 0.3) is 5.91 Å². The molecule has 0 aliphatic heterocycles. The van der Waals surface area contributed by atoms with E-state index in [0.717, 1.165) is 22.7 Å². The summed E-state index contributed by atoms with van der Waals surface area (Å²) in [5.74, 6) is -1.66. The molecule has 2 aromatic carbocycles. The number of hydrogen-bond donors (Lipinski definition) is 3. The molecule has 0 fully saturated rings. The van der Waals surface area contributed by atoms with Gasteiger partial charge in [-0.2, -0.15) is 18.2 Å². The highest BCUT2D eigenvalue weighted by molar-refractivity contribution is 7.92. The zero-order valence-electron chi connectivity index (χ0n) is 21.4. The summed E-state index contributed by atoms with van der Waals surface area (Å²) in [5.41, 5.74) is -0.432. The predicted molar refractivity (Wildman–Crippen MR) is 138 cm³/mol. The van der Waals surface area contributed by atoms with Crippen molar-refractivity contribution in [1.29, 1.82) is 0 Å². The van der Waals surface area contributed by atoms with Gasteiger partial charge in [-0.3, -0.25) is 9.10 Å². The number of carbonyl (C=O) groups is 1. The fourth-order valence-electron chi connectivity index (χ4n) is 3.44. The maximum Gasteiger partial charge on any atom is 0.421 e. The first-order valence-corrected chi connectivity index (χ1v) is 13.2. The van der Waals surface area contributed by atoms with Crippen molar-refractivity contribution in [2.45, 2.75) is 19.6 Å². The van der Waals surface area contributed by atoms with Gasteiger partial charge in [0.2, 0.25) is 16.0 Å². The largest absolute Gasteiger partial charge is 0.495 e. The van der Waals surface area contributed by atoms with Crippen molar-refractivity contribution in [3.8, 4) is 5.75 Å². The van der Waals surface area contributed by atoms with Crippen molar-refractivity contribution in [2.75, 3.05) is 41.9 Å². The first-order valence-electron chi connectivity index (χ1n) is 11.4. The molecule has 210 valence electrons. The fourth-order valence-corrected chi connectivity index (χ4v) is 3.97. The number of alkyl halides is 3. The molecule has 0 saturated heterocycles. The first-order chi connectivity index (χ1) is 18.2. The van der Waals surface area contributed by atoms with E-state index in [9.17, 15) is 30.8 Å². The Bertz CT molecular complexity index is 1470. The van der Waals surface area contributed by atoms with Gasteiger partial charge in [-0.1, -0.05) is 6.07 Å². The second-order valence-corrected chi connectivity index (χ2v) is 10.2. The predicted octanol–water partition coefficient (Wildman–Crippen LogP) is 4.14. The summed E-state index contributed by atoms with van der Waals surface area (Å²) < 4.78 is 85.1. The standard InChI is InChI=1S/C24H26F4N6O4S/c1-5-29-22(35)14-7-9-18(20(10-14)38-3)32-23-31-13-17(24(26,27)28)21(33-23)30-12-15-6-8-16(25)11-19(15)34(2)39(4,36)37/h6-11,13H,5,12H2,1-4H3,(H,29,35)(H2,30,31,32,33). The van der Waals surface area contributed by atoms with Crippen molar-refractivity contribution < 1.29 is 35.5 Å². The third-order valence-corrected chi connectivity index (χ3v) is 6.66. The van der Waals surface area contributed by atoms with Gasteiger partial charge in [-0.15, -0.1) is 0 Å². The van der Waals surface area contributed by atoms with Crippen LogP contribution >= 0.6 is 0 Å². The van der Waals surface area contributed by atoms with Crippen LogP contribution in [0, 0.1) is 5.82 Å². The number of rotatable bonds is 10. The van der Waals surface area contributed by atoms with E-state index in [1.54, 1.807) is 6.92 Å². The van der Waals surface area contributed by atoms with E-state index in [1.807, 2.05) is 0 Å². The van der Waals surface area contributed by atoms with Gasteiger partial charge in [0.15, 0.2) is 0 Å². The van der Waals surface area contributed by atoms with Crippen molar-refractivity contribution in [3.05, 3.63) is 65.1 Å². The molecule has 0 aliphatic carbocycles. The lowest BCUT2D eigenvalue weighted by Crippen LogP contribution is -2.26. The van der Waals surface area contributed by atoms with Crippen LogP contribution in [0.25, 0.3) is 0 Å². The number of methoxy groups -OCH3 is 1. The van der Waals surface area contributed by atoms with E-state index < -0.39 is 33.4 Å². The third-order valence-electron chi connectivity index (χ3n) is 5.47. The average molecular weight is 571 g/mol. The lowest BCUT2D eigenvalue weighted by Gasteiger charge is -2.21. The van der Waals surface area contributed by atoms with Crippen molar-refractivity contribution in [2.24, 2.45) is 0 Å². The number of ether oxygens (including phenoxy) is 1. The Morgan fingerprint density at radius 3 is 2.49 bits per heavy atom. The van der Waals surface area contributed by atoms with Crippen LogP contribution in [0.5, 0.6) is 5.75 Å². The quantitative estimate of drug-likeness (QED) is 0.311. The number of halogens is 4. The maximum atomic E-state index is 13.9. The number of nitrogens with one attached hydrogen (secondary N) is 3. The molecule has 0 bridgehead atoms. The molecule has 10 nitrogen and oxygen atoms in total. The maximum absolute atomic E-state index is 13.9. The summed E-state index contributed by atoms with van der Waals surface area (Å²) >= 11 is 0. The number of anilines is 4. The van der Waals surface area contributed by atoms with Crippen LogP contribution in [0.15, 0.2) is 42.6 Å². The molecule has 15 heteroatoms. The number of amides is 1. The molecule has 0 radical (unpaired) electrons. The molecule has 0 aliphatic rings. The summed E-state index contributed by atoms with van der Waals surface area (Å²) in [4.78, 5) is 19.8.